The lowest BCUT2D eigenvalue weighted by Gasteiger charge is -2.42. The number of ether oxygens (including phenoxy) is 4. The van der Waals surface area contributed by atoms with E-state index < -0.39 is 29.8 Å². The van der Waals surface area contributed by atoms with Gasteiger partial charge in [0.05, 0.1) is 26.4 Å². The smallest absolute Gasteiger partial charge is 0.276 e. The first-order chi connectivity index (χ1) is 20.2. The average Bonchev–Trinajstić information content (AvgIpc) is 3.01. The van der Waals surface area contributed by atoms with Crippen molar-refractivity contribution in [3.63, 3.8) is 0 Å². The number of thioether (sulfide) groups is 1. The Bertz CT molecular complexity index is 1330. The second kappa shape index (κ2) is 14.9. The highest BCUT2D eigenvalue weighted by Crippen LogP contribution is 2.37. The van der Waals surface area contributed by atoms with Crippen molar-refractivity contribution in [1.82, 2.24) is 0 Å². The lowest BCUT2D eigenvalue weighted by atomic mass is 9.97. The first-order valence-electron chi connectivity index (χ1n) is 13.6. The van der Waals surface area contributed by atoms with E-state index in [4.69, 9.17) is 18.9 Å². The zero-order valence-corrected chi connectivity index (χ0v) is 23.4. The summed E-state index contributed by atoms with van der Waals surface area (Å²) in [6.45, 7) is 1.05. The fourth-order valence-corrected chi connectivity index (χ4v) is 5.95. The summed E-state index contributed by atoms with van der Waals surface area (Å²) < 4.78 is 25.4. The van der Waals surface area contributed by atoms with Crippen molar-refractivity contribution < 1.29 is 23.9 Å². The molecule has 1 aliphatic heterocycles. The van der Waals surface area contributed by atoms with Gasteiger partial charge in [0, 0.05) is 9.82 Å². The summed E-state index contributed by atoms with van der Waals surface area (Å²) in [4.78, 5) is 13.2. The van der Waals surface area contributed by atoms with E-state index in [1.807, 2.05) is 121 Å². The van der Waals surface area contributed by atoms with E-state index >= 15 is 0 Å². The van der Waals surface area contributed by atoms with Gasteiger partial charge in [0.1, 0.15) is 12.2 Å². The van der Waals surface area contributed by atoms with Crippen LogP contribution < -0.4 is 0 Å². The molecule has 7 nitrogen and oxygen atoms in total. The van der Waals surface area contributed by atoms with Crippen LogP contribution in [-0.4, -0.2) is 41.3 Å². The Morgan fingerprint density at radius 2 is 1.12 bits per heavy atom. The molecule has 0 N–H and O–H groups in total. The summed E-state index contributed by atoms with van der Waals surface area (Å²) in [6, 6.07) is 37.6. The molecular formula is C33H33NO6S. The van der Waals surface area contributed by atoms with E-state index in [9.17, 15) is 10.1 Å². The highest BCUT2D eigenvalue weighted by Gasteiger charge is 2.54. The molecule has 41 heavy (non-hydrogen) atoms. The van der Waals surface area contributed by atoms with Crippen LogP contribution in [0, 0.1) is 10.1 Å². The van der Waals surface area contributed by atoms with E-state index in [1.54, 1.807) is 0 Å². The van der Waals surface area contributed by atoms with Gasteiger partial charge >= 0.3 is 0 Å². The Morgan fingerprint density at radius 3 is 1.63 bits per heavy atom. The van der Waals surface area contributed by atoms with Gasteiger partial charge in [-0.15, -0.1) is 0 Å². The summed E-state index contributed by atoms with van der Waals surface area (Å²) in [5.41, 5.74) is 2.10. The molecule has 5 rings (SSSR count). The van der Waals surface area contributed by atoms with Gasteiger partial charge in [-0.3, -0.25) is 10.1 Å². The van der Waals surface area contributed by atoms with E-state index in [1.165, 1.54) is 11.8 Å². The maximum Gasteiger partial charge on any atom is 0.276 e. The van der Waals surface area contributed by atoms with Gasteiger partial charge in [-0.05, 0) is 28.8 Å². The molecule has 4 aromatic carbocycles. The molecule has 0 radical (unpaired) electrons. The molecule has 0 saturated carbocycles. The molecule has 8 heteroatoms. The molecule has 5 atom stereocenters. The van der Waals surface area contributed by atoms with Crippen LogP contribution in [0.15, 0.2) is 126 Å². The van der Waals surface area contributed by atoms with Gasteiger partial charge in [0.2, 0.25) is 0 Å². The minimum atomic E-state index is -1.17. The van der Waals surface area contributed by atoms with Gasteiger partial charge in [0.15, 0.2) is 11.5 Å². The number of rotatable bonds is 13. The van der Waals surface area contributed by atoms with Crippen LogP contribution in [0.4, 0.5) is 0 Å². The van der Waals surface area contributed by atoms with Crippen LogP contribution in [0.5, 0.6) is 0 Å². The molecule has 0 amide bonds. The SMILES string of the molecule is O=[N+]([O-])[C@H]1[C@@H](OCc2ccccc2)[C@H](OCc2ccccc2)[C@@H](COCc2ccccc2)O[C@@H]1Sc1ccccc1. The Hall–Kier alpha value is -3.53. The molecule has 1 heterocycles. The van der Waals surface area contributed by atoms with Crippen molar-refractivity contribution in [2.45, 2.75) is 54.5 Å². The first kappa shape index (κ1) is 29.0. The highest BCUT2D eigenvalue weighted by atomic mass is 32.2. The van der Waals surface area contributed by atoms with E-state index in [0.29, 0.717) is 6.61 Å². The maximum absolute atomic E-state index is 12.6. The van der Waals surface area contributed by atoms with Gasteiger partial charge in [-0.2, -0.15) is 0 Å². The van der Waals surface area contributed by atoms with Crippen LogP contribution in [0.2, 0.25) is 0 Å². The van der Waals surface area contributed by atoms with Crippen molar-refractivity contribution in [1.29, 1.82) is 0 Å². The predicted molar refractivity (Wildman–Crippen MR) is 158 cm³/mol. The molecule has 0 unspecified atom stereocenters. The third kappa shape index (κ3) is 8.25. The molecular weight excluding hydrogens is 538 g/mol. The molecule has 0 aromatic heterocycles. The van der Waals surface area contributed by atoms with Gasteiger partial charge in [-0.1, -0.05) is 121 Å². The number of nitro groups is 1. The molecule has 1 aliphatic rings. The molecule has 0 bridgehead atoms. The van der Waals surface area contributed by atoms with Gasteiger partial charge in [-0.25, -0.2) is 0 Å². The third-order valence-electron chi connectivity index (χ3n) is 6.82. The van der Waals surface area contributed by atoms with Crippen LogP contribution in [0.25, 0.3) is 0 Å². The molecule has 0 aliphatic carbocycles. The Kier molecular flexibility index (Phi) is 10.5. The van der Waals surface area contributed by atoms with Crippen molar-refractivity contribution in [2.75, 3.05) is 6.61 Å². The largest absolute Gasteiger partial charge is 0.374 e. The van der Waals surface area contributed by atoms with E-state index in [0.717, 1.165) is 21.6 Å². The molecule has 0 spiro atoms. The monoisotopic (exact) mass is 571 g/mol. The molecule has 1 saturated heterocycles. The molecule has 212 valence electrons. The Balaban J connectivity index is 1.43. The van der Waals surface area contributed by atoms with E-state index in [-0.39, 0.29) is 24.7 Å². The predicted octanol–water partition coefficient (Wildman–Crippen LogP) is 6.54. The number of hydrogen-bond acceptors (Lipinski definition) is 7. The Morgan fingerprint density at radius 1 is 0.659 bits per heavy atom. The maximum atomic E-state index is 12.6. The Labute approximate surface area is 244 Å². The molecule has 1 fully saturated rings. The zero-order chi connectivity index (χ0) is 28.3. The second-order valence-corrected chi connectivity index (χ2v) is 10.9. The van der Waals surface area contributed by atoms with Crippen LogP contribution >= 0.6 is 11.8 Å². The van der Waals surface area contributed by atoms with Crippen LogP contribution in [-0.2, 0) is 38.8 Å². The zero-order valence-electron chi connectivity index (χ0n) is 22.6. The minimum absolute atomic E-state index is 0.190. The third-order valence-corrected chi connectivity index (χ3v) is 7.98. The second-order valence-electron chi connectivity index (χ2n) is 9.77. The summed E-state index contributed by atoms with van der Waals surface area (Å²) in [6.07, 6.45) is -2.22. The van der Waals surface area contributed by atoms with Crippen molar-refractivity contribution in [2.24, 2.45) is 0 Å². The van der Waals surface area contributed by atoms with Gasteiger partial charge < -0.3 is 18.9 Å². The van der Waals surface area contributed by atoms with Crippen molar-refractivity contribution in [3.8, 4) is 0 Å². The van der Waals surface area contributed by atoms with Crippen molar-refractivity contribution in [3.05, 3.63) is 148 Å². The summed E-state index contributed by atoms with van der Waals surface area (Å²) in [5, 5.41) is 12.6. The van der Waals surface area contributed by atoms with Crippen LogP contribution in [0.1, 0.15) is 16.7 Å². The number of hydrogen-bond donors (Lipinski definition) is 0. The van der Waals surface area contributed by atoms with Gasteiger partial charge in [0.25, 0.3) is 6.04 Å². The normalized spacial score (nSPS) is 22.3. The summed E-state index contributed by atoms with van der Waals surface area (Å²) in [5.74, 6) is 0. The van der Waals surface area contributed by atoms with Crippen molar-refractivity contribution >= 4 is 11.8 Å². The average molecular weight is 572 g/mol. The number of nitrogens with zero attached hydrogens (tertiary/aromatic N) is 1. The fraction of sp³-hybridized carbons (Fsp3) is 0.273. The number of benzene rings is 4. The standard InChI is InChI=1S/C33H33NO6S/c35-34(36)30-32(39-23-27-17-9-3-10-18-27)31(38-22-26-15-7-2-8-16-26)29(24-37-21-25-13-5-1-6-14-25)40-33(30)41-28-19-11-4-12-20-28/h1-20,29-33H,21-24H2/t29-,30+,31-,32-,33-/m1/s1. The summed E-state index contributed by atoms with van der Waals surface area (Å²) >= 11 is 1.32. The quantitative estimate of drug-likeness (QED) is 0.133. The lowest BCUT2D eigenvalue weighted by Crippen LogP contribution is -2.62. The van der Waals surface area contributed by atoms with E-state index in [2.05, 4.69) is 0 Å². The lowest BCUT2D eigenvalue weighted by molar-refractivity contribution is -0.555. The fourth-order valence-electron chi connectivity index (χ4n) is 4.77. The topological polar surface area (TPSA) is 80.1 Å². The molecule has 4 aromatic rings. The minimum Gasteiger partial charge on any atom is -0.374 e. The first-order valence-corrected chi connectivity index (χ1v) is 14.5. The highest BCUT2D eigenvalue weighted by molar-refractivity contribution is 7.99. The summed E-state index contributed by atoms with van der Waals surface area (Å²) in [7, 11) is 0. The van der Waals surface area contributed by atoms with Crippen LogP contribution in [0.3, 0.4) is 0 Å².